The van der Waals surface area contributed by atoms with Gasteiger partial charge < -0.3 is 5.32 Å². The van der Waals surface area contributed by atoms with Crippen LogP contribution in [-0.2, 0) is 9.63 Å². The molecule has 0 bridgehead atoms. The van der Waals surface area contributed by atoms with E-state index in [4.69, 9.17) is 10.1 Å². The second-order valence-electron chi connectivity index (χ2n) is 5.54. The van der Waals surface area contributed by atoms with Gasteiger partial charge in [-0.25, -0.2) is 9.45 Å². The first-order valence-corrected chi connectivity index (χ1v) is 7.36. The number of alkyl halides is 1. The third-order valence-corrected chi connectivity index (χ3v) is 4.12. The Kier molecular flexibility index (Phi) is 4.32. The summed E-state index contributed by atoms with van der Waals surface area (Å²) in [6.07, 6.45) is 2.97. The van der Waals surface area contributed by atoms with Crippen LogP contribution in [0.15, 0.2) is 18.5 Å². The molecule has 2 fully saturated rings. The van der Waals surface area contributed by atoms with Gasteiger partial charge in [-0.15, -0.1) is 0 Å². The van der Waals surface area contributed by atoms with Crippen molar-refractivity contribution < 1.29 is 14.0 Å². The van der Waals surface area contributed by atoms with Crippen molar-refractivity contribution in [3.63, 3.8) is 0 Å². The Hall–Kier alpha value is -2.04. The average molecular weight is 304 g/mol. The highest BCUT2D eigenvalue weighted by Crippen LogP contribution is 2.33. The molecule has 3 rings (SSSR count). The van der Waals surface area contributed by atoms with Crippen LogP contribution in [-0.4, -0.2) is 41.8 Å². The van der Waals surface area contributed by atoms with Gasteiger partial charge in [0.1, 0.15) is 12.2 Å². The number of nitriles is 1. The fraction of sp³-hybridized carbons (Fsp3) is 0.533. The van der Waals surface area contributed by atoms with E-state index < -0.39 is 12.1 Å². The molecule has 22 heavy (non-hydrogen) atoms. The van der Waals surface area contributed by atoms with Gasteiger partial charge in [0.15, 0.2) is 0 Å². The number of carbonyl (C=O) groups is 1. The Morgan fingerprint density at radius 1 is 1.50 bits per heavy atom. The number of amides is 1. The normalized spacial score (nSPS) is 28.4. The molecule has 6 nitrogen and oxygen atoms in total. The molecule has 7 heteroatoms. The summed E-state index contributed by atoms with van der Waals surface area (Å²) < 4.78 is 14.0. The number of carbonyl (C=O) groups excluding carboxylic acids is 1. The zero-order chi connectivity index (χ0) is 15.5. The quantitative estimate of drug-likeness (QED) is 0.885. The summed E-state index contributed by atoms with van der Waals surface area (Å²) in [7, 11) is 0. The number of nitrogens with zero attached hydrogens (tertiary/aromatic N) is 3. The number of hydroxylamine groups is 2. The van der Waals surface area contributed by atoms with E-state index in [9.17, 15) is 9.18 Å². The highest BCUT2D eigenvalue weighted by atomic mass is 19.1. The molecule has 2 aliphatic rings. The van der Waals surface area contributed by atoms with Crippen LogP contribution in [0.4, 0.5) is 4.39 Å². The van der Waals surface area contributed by atoms with Crippen LogP contribution in [0.25, 0.3) is 0 Å². The van der Waals surface area contributed by atoms with E-state index in [1.54, 1.807) is 12.3 Å². The van der Waals surface area contributed by atoms with Gasteiger partial charge in [-0.2, -0.15) is 5.26 Å². The molecular formula is C15H17FN4O2. The van der Waals surface area contributed by atoms with Crippen molar-refractivity contribution in [2.45, 2.75) is 25.1 Å². The average Bonchev–Trinajstić information content (AvgIpc) is 3.04. The van der Waals surface area contributed by atoms with Crippen molar-refractivity contribution in [3.8, 4) is 6.07 Å². The third kappa shape index (κ3) is 2.80. The van der Waals surface area contributed by atoms with Gasteiger partial charge in [-0.1, -0.05) is 0 Å². The van der Waals surface area contributed by atoms with Crippen LogP contribution in [0.5, 0.6) is 0 Å². The Labute approximate surface area is 127 Å². The topological polar surface area (TPSA) is 78.2 Å². The van der Waals surface area contributed by atoms with Gasteiger partial charge in [0.2, 0.25) is 0 Å². The van der Waals surface area contributed by atoms with Gasteiger partial charge in [-0.3, -0.25) is 14.6 Å². The summed E-state index contributed by atoms with van der Waals surface area (Å²) in [5.74, 6) is -0.993. The van der Waals surface area contributed by atoms with Gasteiger partial charge in [0.25, 0.3) is 5.91 Å². The van der Waals surface area contributed by atoms with Crippen LogP contribution in [0.1, 0.15) is 30.0 Å². The van der Waals surface area contributed by atoms with Crippen molar-refractivity contribution in [1.82, 2.24) is 15.4 Å². The standard InChI is InChI=1S/C15H17FN4O2/c16-13-9-18-3-1-12(13)15(21)20-14(2-4-22-20)11-5-10(6-17)7-19-8-11/h5,7-8,12-14,18H,1-4,9H2/t12-,13-,14+/m1/s1. The molecule has 116 valence electrons. The maximum atomic E-state index is 14.0. The van der Waals surface area contributed by atoms with Gasteiger partial charge in [0.05, 0.1) is 24.1 Å². The van der Waals surface area contributed by atoms with E-state index in [0.717, 1.165) is 5.56 Å². The monoisotopic (exact) mass is 304 g/mol. The molecule has 2 aliphatic heterocycles. The minimum absolute atomic E-state index is 0.195. The van der Waals surface area contributed by atoms with Crippen LogP contribution < -0.4 is 5.32 Å². The molecule has 0 saturated carbocycles. The number of pyridine rings is 1. The van der Waals surface area contributed by atoms with E-state index in [1.165, 1.54) is 11.3 Å². The van der Waals surface area contributed by atoms with Crippen molar-refractivity contribution in [2.24, 2.45) is 5.92 Å². The lowest BCUT2D eigenvalue weighted by Crippen LogP contribution is -2.46. The number of rotatable bonds is 2. The molecule has 1 aromatic rings. The van der Waals surface area contributed by atoms with E-state index in [0.29, 0.717) is 31.6 Å². The SMILES string of the molecule is N#Cc1cncc([C@@H]2CCON2C(=O)[C@@H]2CCNC[C@H]2F)c1. The molecule has 1 amide bonds. The van der Waals surface area contributed by atoms with E-state index in [2.05, 4.69) is 10.3 Å². The maximum absolute atomic E-state index is 14.0. The minimum atomic E-state index is -1.20. The Morgan fingerprint density at radius 3 is 3.14 bits per heavy atom. The summed E-state index contributed by atoms with van der Waals surface area (Å²) in [5, 5.41) is 13.2. The maximum Gasteiger partial charge on any atom is 0.252 e. The Morgan fingerprint density at radius 2 is 2.36 bits per heavy atom. The molecule has 3 atom stereocenters. The Bertz CT molecular complexity index is 603. The summed E-state index contributed by atoms with van der Waals surface area (Å²) in [5.41, 5.74) is 1.18. The number of aromatic nitrogens is 1. The number of hydrogen-bond acceptors (Lipinski definition) is 5. The molecule has 0 aromatic carbocycles. The zero-order valence-corrected chi connectivity index (χ0v) is 12.0. The van der Waals surface area contributed by atoms with E-state index >= 15 is 0 Å². The third-order valence-electron chi connectivity index (χ3n) is 4.12. The number of nitrogens with one attached hydrogen (secondary N) is 1. The lowest BCUT2D eigenvalue weighted by Gasteiger charge is -2.31. The molecule has 0 radical (unpaired) electrons. The molecule has 3 heterocycles. The zero-order valence-electron chi connectivity index (χ0n) is 12.0. The largest absolute Gasteiger partial charge is 0.314 e. The summed E-state index contributed by atoms with van der Waals surface area (Å²) in [6.45, 7) is 1.22. The first-order chi connectivity index (χ1) is 10.7. The van der Waals surface area contributed by atoms with Crippen molar-refractivity contribution in [2.75, 3.05) is 19.7 Å². The first kappa shape index (κ1) is 14.9. The summed E-state index contributed by atoms with van der Waals surface area (Å²) >= 11 is 0. The van der Waals surface area contributed by atoms with Crippen LogP contribution >= 0.6 is 0 Å². The first-order valence-electron chi connectivity index (χ1n) is 7.36. The van der Waals surface area contributed by atoms with Gasteiger partial charge in [-0.05, 0) is 24.6 Å². The minimum Gasteiger partial charge on any atom is -0.314 e. The van der Waals surface area contributed by atoms with E-state index in [-0.39, 0.29) is 18.5 Å². The molecule has 1 N–H and O–H groups in total. The lowest BCUT2D eigenvalue weighted by atomic mass is 9.94. The number of hydrogen-bond donors (Lipinski definition) is 1. The van der Waals surface area contributed by atoms with Crippen LogP contribution in [0, 0.1) is 17.2 Å². The second kappa shape index (κ2) is 6.38. The molecule has 2 saturated heterocycles. The lowest BCUT2D eigenvalue weighted by molar-refractivity contribution is -0.184. The molecule has 0 spiro atoms. The molecule has 0 aliphatic carbocycles. The van der Waals surface area contributed by atoms with Crippen LogP contribution in [0.2, 0.25) is 0 Å². The summed E-state index contributed by atoms with van der Waals surface area (Å²) in [4.78, 5) is 22.1. The molecular weight excluding hydrogens is 287 g/mol. The molecule has 0 unspecified atom stereocenters. The number of halogens is 1. The van der Waals surface area contributed by atoms with Crippen molar-refractivity contribution in [1.29, 1.82) is 5.26 Å². The predicted octanol–water partition coefficient (Wildman–Crippen LogP) is 1.11. The Balaban J connectivity index is 1.80. The highest BCUT2D eigenvalue weighted by Gasteiger charge is 2.40. The smallest absolute Gasteiger partial charge is 0.252 e. The van der Waals surface area contributed by atoms with Crippen molar-refractivity contribution >= 4 is 5.91 Å². The predicted molar refractivity (Wildman–Crippen MR) is 75.0 cm³/mol. The second-order valence-corrected chi connectivity index (χ2v) is 5.54. The van der Waals surface area contributed by atoms with Gasteiger partial charge >= 0.3 is 0 Å². The fourth-order valence-electron chi connectivity index (χ4n) is 2.95. The van der Waals surface area contributed by atoms with Crippen molar-refractivity contribution in [3.05, 3.63) is 29.6 Å². The molecule has 1 aromatic heterocycles. The number of piperidine rings is 1. The van der Waals surface area contributed by atoms with Crippen LogP contribution in [0.3, 0.4) is 0 Å². The van der Waals surface area contributed by atoms with Gasteiger partial charge in [0, 0.05) is 25.4 Å². The fourth-order valence-corrected chi connectivity index (χ4v) is 2.95. The van der Waals surface area contributed by atoms with E-state index in [1.807, 2.05) is 6.07 Å². The highest BCUT2D eigenvalue weighted by molar-refractivity contribution is 5.79. The summed E-state index contributed by atoms with van der Waals surface area (Å²) in [6, 6.07) is 3.42.